The Kier molecular flexibility index (Phi) is 3.37. The Morgan fingerprint density at radius 3 is 2.85 bits per heavy atom. The van der Waals surface area contributed by atoms with Gasteiger partial charge in [0.1, 0.15) is 5.76 Å². The highest BCUT2D eigenvalue weighted by atomic mass is 35.5. The molecule has 1 aromatic heterocycles. The SMILES string of the molecule is Cc1ccc(C(=O)NCC(C)Cl)o1. The van der Waals surface area contributed by atoms with Crippen LogP contribution in [-0.2, 0) is 0 Å². The van der Waals surface area contributed by atoms with Gasteiger partial charge in [0.15, 0.2) is 5.76 Å². The molecule has 0 bridgehead atoms. The van der Waals surface area contributed by atoms with Crippen LogP contribution >= 0.6 is 11.6 Å². The third-order valence-electron chi connectivity index (χ3n) is 1.51. The number of furan rings is 1. The molecule has 1 heterocycles. The highest BCUT2D eigenvalue weighted by molar-refractivity contribution is 6.20. The van der Waals surface area contributed by atoms with Gasteiger partial charge >= 0.3 is 0 Å². The van der Waals surface area contributed by atoms with Crippen molar-refractivity contribution in [3.8, 4) is 0 Å². The number of hydrogen-bond acceptors (Lipinski definition) is 2. The number of alkyl halides is 1. The van der Waals surface area contributed by atoms with Crippen LogP contribution < -0.4 is 5.32 Å². The summed E-state index contributed by atoms with van der Waals surface area (Å²) in [5.41, 5.74) is 0. The average molecular weight is 202 g/mol. The molecule has 4 heteroatoms. The van der Waals surface area contributed by atoms with E-state index in [1.165, 1.54) is 0 Å². The summed E-state index contributed by atoms with van der Waals surface area (Å²) in [5, 5.41) is 2.58. The van der Waals surface area contributed by atoms with E-state index in [-0.39, 0.29) is 11.3 Å². The second-order valence-corrected chi connectivity index (χ2v) is 3.65. The quantitative estimate of drug-likeness (QED) is 0.760. The molecule has 1 atom stereocenters. The highest BCUT2D eigenvalue weighted by Crippen LogP contribution is 2.05. The van der Waals surface area contributed by atoms with Crippen LogP contribution in [0.15, 0.2) is 16.5 Å². The smallest absolute Gasteiger partial charge is 0.287 e. The second kappa shape index (κ2) is 4.33. The summed E-state index contributed by atoms with van der Waals surface area (Å²) in [5.74, 6) is 0.833. The van der Waals surface area contributed by atoms with E-state index in [0.717, 1.165) is 5.76 Å². The first-order valence-corrected chi connectivity index (χ1v) is 4.52. The molecule has 0 aliphatic heterocycles. The molecule has 1 aromatic rings. The zero-order chi connectivity index (χ0) is 9.84. The van der Waals surface area contributed by atoms with Crippen molar-refractivity contribution in [1.82, 2.24) is 5.32 Å². The first-order chi connectivity index (χ1) is 6.09. The fourth-order valence-corrected chi connectivity index (χ4v) is 0.954. The minimum absolute atomic E-state index is 0.0694. The van der Waals surface area contributed by atoms with Gasteiger partial charge in [0.25, 0.3) is 5.91 Å². The van der Waals surface area contributed by atoms with Crippen LogP contribution in [0.2, 0.25) is 0 Å². The third-order valence-corrected chi connectivity index (χ3v) is 1.66. The van der Waals surface area contributed by atoms with E-state index in [0.29, 0.717) is 12.3 Å². The molecule has 1 unspecified atom stereocenters. The van der Waals surface area contributed by atoms with Gasteiger partial charge in [0.2, 0.25) is 0 Å². The Morgan fingerprint density at radius 2 is 2.38 bits per heavy atom. The van der Waals surface area contributed by atoms with Gasteiger partial charge < -0.3 is 9.73 Å². The number of rotatable bonds is 3. The molecule has 1 amide bonds. The Hall–Kier alpha value is -0.960. The predicted molar refractivity (Wildman–Crippen MR) is 51.1 cm³/mol. The van der Waals surface area contributed by atoms with Crippen LogP contribution in [0.3, 0.4) is 0 Å². The molecule has 3 nitrogen and oxygen atoms in total. The number of carbonyl (C=O) groups excluding carboxylic acids is 1. The van der Waals surface area contributed by atoms with Crippen molar-refractivity contribution < 1.29 is 9.21 Å². The summed E-state index contributed by atoms with van der Waals surface area (Å²) in [6.45, 7) is 4.05. The normalized spacial score (nSPS) is 12.5. The van der Waals surface area contributed by atoms with Crippen LogP contribution in [0.4, 0.5) is 0 Å². The molecule has 0 aliphatic carbocycles. The fraction of sp³-hybridized carbons (Fsp3) is 0.444. The number of halogens is 1. The number of hydrogen-bond donors (Lipinski definition) is 1. The zero-order valence-corrected chi connectivity index (χ0v) is 8.39. The zero-order valence-electron chi connectivity index (χ0n) is 7.63. The van der Waals surface area contributed by atoms with E-state index in [4.69, 9.17) is 16.0 Å². The summed E-state index contributed by atoms with van der Waals surface area (Å²) in [4.78, 5) is 11.3. The van der Waals surface area contributed by atoms with Crippen LogP contribution in [0.5, 0.6) is 0 Å². The lowest BCUT2D eigenvalue weighted by Gasteiger charge is -2.03. The largest absolute Gasteiger partial charge is 0.456 e. The Morgan fingerprint density at radius 1 is 1.69 bits per heavy atom. The molecule has 0 radical (unpaired) electrons. The molecule has 1 N–H and O–H groups in total. The molecular formula is C9H12ClNO2. The van der Waals surface area contributed by atoms with Crippen molar-refractivity contribution in [2.45, 2.75) is 19.2 Å². The number of aryl methyl sites for hydroxylation is 1. The summed E-state index contributed by atoms with van der Waals surface area (Å²) >= 11 is 5.67. The van der Waals surface area contributed by atoms with Gasteiger partial charge in [0.05, 0.1) is 0 Å². The first kappa shape index (κ1) is 10.1. The second-order valence-electron chi connectivity index (χ2n) is 2.90. The summed E-state index contributed by atoms with van der Waals surface area (Å²) in [6.07, 6.45) is 0. The molecular weight excluding hydrogens is 190 g/mol. The van der Waals surface area contributed by atoms with Crippen LogP contribution in [0.25, 0.3) is 0 Å². The average Bonchev–Trinajstić information content (AvgIpc) is 2.47. The van der Waals surface area contributed by atoms with Gasteiger partial charge in [-0.25, -0.2) is 0 Å². The molecule has 0 aromatic carbocycles. The Balaban J connectivity index is 2.49. The molecule has 72 valence electrons. The fourth-order valence-electron chi connectivity index (χ4n) is 0.877. The van der Waals surface area contributed by atoms with Crippen molar-refractivity contribution in [3.05, 3.63) is 23.7 Å². The van der Waals surface area contributed by atoms with Gasteiger partial charge in [-0.3, -0.25) is 4.79 Å². The summed E-state index contributed by atoms with van der Waals surface area (Å²) in [7, 11) is 0. The van der Waals surface area contributed by atoms with Gasteiger partial charge in [-0.2, -0.15) is 0 Å². The van der Waals surface area contributed by atoms with E-state index < -0.39 is 0 Å². The maximum atomic E-state index is 11.3. The van der Waals surface area contributed by atoms with E-state index in [2.05, 4.69) is 5.32 Å². The van der Waals surface area contributed by atoms with Crippen LogP contribution in [0.1, 0.15) is 23.2 Å². The van der Waals surface area contributed by atoms with E-state index in [1.807, 2.05) is 6.92 Å². The van der Waals surface area contributed by atoms with E-state index in [1.54, 1.807) is 19.1 Å². The third kappa shape index (κ3) is 3.11. The minimum atomic E-state index is -0.222. The molecule has 0 saturated carbocycles. The molecule has 0 fully saturated rings. The maximum Gasteiger partial charge on any atom is 0.287 e. The molecule has 0 saturated heterocycles. The summed E-state index contributed by atoms with van der Waals surface area (Å²) < 4.78 is 5.12. The lowest BCUT2D eigenvalue weighted by molar-refractivity contribution is 0.0925. The first-order valence-electron chi connectivity index (χ1n) is 4.08. The number of amides is 1. The standard InChI is InChI=1S/C9H12ClNO2/c1-6(10)5-11-9(12)8-4-3-7(2)13-8/h3-4,6H,5H2,1-2H3,(H,11,12). The lowest BCUT2D eigenvalue weighted by atomic mass is 10.4. The van der Waals surface area contributed by atoms with Gasteiger partial charge in [-0.15, -0.1) is 11.6 Å². The van der Waals surface area contributed by atoms with Gasteiger partial charge in [-0.1, -0.05) is 0 Å². The Bertz CT molecular complexity index is 294. The van der Waals surface area contributed by atoms with E-state index >= 15 is 0 Å². The summed E-state index contributed by atoms with van der Waals surface area (Å²) in [6, 6.07) is 3.39. The number of carbonyl (C=O) groups is 1. The van der Waals surface area contributed by atoms with E-state index in [9.17, 15) is 4.79 Å². The molecule has 1 rings (SSSR count). The minimum Gasteiger partial charge on any atom is -0.456 e. The molecule has 0 spiro atoms. The van der Waals surface area contributed by atoms with Crippen LogP contribution in [0, 0.1) is 6.92 Å². The van der Waals surface area contributed by atoms with Crippen molar-refractivity contribution in [2.24, 2.45) is 0 Å². The van der Waals surface area contributed by atoms with Gasteiger partial charge in [-0.05, 0) is 26.0 Å². The maximum absolute atomic E-state index is 11.3. The van der Waals surface area contributed by atoms with Crippen molar-refractivity contribution >= 4 is 17.5 Å². The topological polar surface area (TPSA) is 42.2 Å². The van der Waals surface area contributed by atoms with Crippen molar-refractivity contribution in [2.75, 3.05) is 6.54 Å². The van der Waals surface area contributed by atoms with Crippen LogP contribution in [-0.4, -0.2) is 17.8 Å². The monoisotopic (exact) mass is 201 g/mol. The molecule has 0 aliphatic rings. The van der Waals surface area contributed by atoms with Crippen molar-refractivity contribution in [1.29, 1.82) is 0 Å². The van der Waals surface area contributed by atoms with Crippen molar-refractivity contribution in [3.63, 3.8) is 0 Å². The lowest BCUT2D eigenvalue weighted by Crippen LogP contribution is -2.28. The predicted octanol–water partition coefficient (Wildman–Crippen LogP) is 1.95. The Labute approximate surface area is 82.1 Å². The highest BCUT2D eigenvalue weighted by Gasteiger charge is 2.09. The number of nitrogens with one attached hydrogen (secondary N) is 1. The molecule has 13 heavy (non-hydrogen) atoms. The van der Waals surface area contributed by atoms with Gasteiger partial charge in [0, 0.05) is 11.9 Å².